The summed E-state index contributed by atoms with van der Waals surface area (Å²) < 4.78 is 0. The molecule has 0 spiro atoms. The van der Waals surface area contributed by atoms with E-state index < -0.39 is 0 Å². The average molecular weight is 180 g/mol. The zero-order valence-electron chi connectivity index (χ0n) is 8.29. The predicted octanol–water partition coefficient (Wildman–Crippen LogP) is 1.20. The monoisotopic (exact) mass is 180 g/mol. The minimum atomic E-state index is -0.00657. The van der Waals surface area contributed by atoms with Crippen LogP contribution in [0.5, 0.6) is 0 Å². The summed E-state index contributed by atoms with van der Waals surface area (Å²) in [6.45, 7) is 5.35. The van der Waals surface area contributed by atoms with Crippen molar-refractivity contribution in [2.45, 2.75) is 32.7 Å². The molecule has 1 unspecified atom stereocenters. The zero-order valence-corrected chi connectivity index (χ0v) is 8.29. The summed E-state index contributed by atoms with van der Waals surface area (Å²) in [7, 11) is 0. The molecule has 0 bridgehead atoms. The first-order valence-corrected chi connectivity index (χ1v) is 4.79. The van der Waals surface area contributed by atoms with Crippen LogP contribution in [0, 0.1) is 17.2 Å². The molecular weight excluding hydrogens is 164 g/mol. The second-order valence-corrected chi connectivity index (χ2v) is 3.73. The van der Waals surface area contributed by atoms with E-state index in [4.69, 9.17) is 5.26 Å². The van der Waals surface area contributed by atoms with Crippen molar-refractivity contribution in [2.24, 2.45) is 5.92 Å². The number of likely N-dealkylation sites (tertiary alicyclic amines) is 1. The first-order valence-electron chi connectivity index (χ1n) is 4.79. The molecule has 3 nitrogen and oxygen atoms in total. The molecule has 0 aliphatic carbocycles. The van der Waals surface area contributed by atoms with E-state index in [0.29, 0.717) is 5.78 Å². The highest BCUT2D eigenvalue weighted by Gasteiger charge is 2.24. The fraction of sp³-hybridized carbons (Fsp3) is 0.800. The lowest BCUT2D eigenvalue weighted by atomic mass is 9.93. The second kappa shape index (κ2) is 4.38. The quantitative estimate of drug-likeness (QED) is 0.641. The van der Waals surface area contributed by atoms with Crippen molar-refractivity contribution in [2.75, 3.05) is 13.1 Å². The summed E-state index contributed by atoms with van der Waals surface area (Å²) in [5.74, 6) is 0.534. The van der Waals surface area contributed by atoms with E-state index in [1.807, 2.05) is 6.92 Å². The van der Waals surface area contributed by atoms with Crippen molar-refractivity contribution in [3.05, 3.63) is 0 Å². The molecule has 13 heavy (non-hydrogen) atoms. The van der Waals surface area contributed by atoms with Gasteiger partial charge in [-0.3, -0.25) is 9.69 Å². The van der Waals surface area contributed by atoms with Crippen LogP contribution < -0.4 is 0 Å². The van der Waals surface area contributed by atoms with Gasteiger partial charge in [0, 0.05) is 19.0 Å². The molecule has 1 aliphatic rings. The summed E-state index contributed by atoms with van der Waals surface area (Å²) in [5, 5.41) is 8.70. The number of piperidine rings is 1. The molecular formula is C10H16N2O. The van der Waals surface area contributed by atoms with E-state index in [-0.39, 0.29) is 12.0 Å². The smallest absolute Gasteiger partial charge is 0.133 e. The number of carbonyl (C=O) groups excluding carboxylic acids is 1. The Morgan fingerprint density at radius 1 is 1.54 bits per heavy atom. The Labute approximate surface area is 79.3 Å². The Balaban J connectivity index is 2.40. The predicted molar refractivity (Wildman–Crippen MR) is 50.1 cm³/mol. The maximum atomic E-state index is 11.1. The molecule has 0 aromatic heterocycles. The molecule has 1 rings (SSSR count). The zero-order chi connectivity index (χ0) is 9.84. The van der Waals surface area contributed by atoms with Gasteiger partial charge in [-0.25, -0.2) is 0 Å². The summed E-state index contributed by atoms with van der Waals surface area (Å²) in [5.41, 5.74) is 0. The van der Waals surface area contributed by atoms with Gasteiger partial charge in [-0.1, -0.05) is 0 Å². The van der Waals surface area contributed by atoms with E-state index in [1.54, 1.807) is 6.92 Å². The maximum Gasteiger partial charge on any atom is 0.133 e. The highest BCUT2D eigenvalue weighted by atomic mass is 16.1. The molecule has 0 saturated carbocycles. The molecule has 0 amide bonds. The SMILES string of the molecule is CC(=O)C1CCN(C(C)C#N)CC1. The standard InChI is InChI=1S/C10H16N2O/c1-8(7-11)12-5-3-10(4-6-12)9(2)13/h8,10H,3-6H2,1-2H3. The van der Waals surface area contributed by atoms with Gasteiger partial charge in [0.15, 0.2) is 0 Å². The second-order valence-electron chi connectivity index (χ2n) is 3.73. The highest BCUT2D eigenvalue weighted by Crippen LogP contribution is 2.19. The minimum Gasteiger partial charge on any atom is -0.300 e. The van der Waals surface area contributed by atoms with E-state index in [2.05, 4.69) is 11.0 Å². The van der Waals surface area contributed by atoms with Gasteiger partial charge in [0.05, 0.1) is 12.1 Å². The minimum absolute atomic E-state index is 0.00657. The molecule has 1 saturated heterocycles. The van der Waals surface area contributed by atoms with Crippen molar-refractivity contribution < 1.29 is 4.79 Å². The van der Waals surface area contributed by atoms with Gasteiger partial charge in [0.25, 0.3) is 0 Å². The normalized spacial score (nSPS) is 22.2. The molecule has 1 aliphatic heterocycles. The van der Waals surface area contributed by atoms with Crippen molar-refractivity contribution in [3.63, 3.8) is 0 Å². The van der Waals surface area contributed by atoms with Crippen LogP contribution in [0.15, 0.2) is 0 Å². The Hall–Kier alpha value is -0.880. The third-order valence-corrected chi connectivity index (χ3v) is 2.84. The molecule has 0 aromatic carbocycles. The van der Waals surface area contributed by atoms with Gasteiger partial charge in [-0.15, -0.1) is 0 Å². The lowest BCUT2D eigenvalue weighted by Crippen LogP contribution is -2.40. The number of hydrogen-bond acceptors (Lipinski definition) is 3. The number of hydrogen-bond donors (Lipinski definition) is 0. The van der Waals surface area contributed by atoms with Crippen molar-refractivity contribution in [3.8, 4) is 6.07 Å². The van der Waals surface area contributed by atoms with E-state index in [0.717, 1.165) is 25.9 Å². The largest absolute Gasteiger partial charge is 0.300 e. The van der Waals surface area contributed by atoms with Crippen LogP contribution in [-0.4, -0.2) is 29.8 Å². The van der Waals surface area contributed by atoms with Gasteiger partial charge in [-0.05, 0) is 26.7 Å². The lowest BCUT2D eigenvalue weighted by molar-refractivity contribution is -0.122. The maximum absolute atomic E-state index is 11.1. The van der Waals surface area contributed by atoms with E-state index in [9.17, 15) is 4.79 Å². The molecule has 1 atom stereocenters. The number of nitrogens with zero attached hydrogens (tertiary/aromatic N) is 2. The number of ketones is 1. The molecule has 0 radical (unpaired) electrons. The lowest BCUT2D eigenvalue weighted by Gasteiger charge is -2.32. The molecule has 0 N–H and O–H groups in total. The van der Waals surface area contributed by atoms with Crippen molar-refractivity contribution >= 4 is 5.78 Å². The molecule has 0 aromatic rings. The van der Waals surface area contributed by atoms with Crippen LogP contribution in [0.4, 0.5) is 0 Å². The van der Waals surface area contributed by atoms with Gasteiger partial charge in [-0.2, -0.15) is 5.26 Å². The number of Topliss-reactive ketones (excluding diaryl/α,β-unsaturated/α-hetero) is 1. The average Bonchev–Trinajstić information content (AvgIpc) is 2.17. The summed E-state index contributed by atoms with van der Waals surface area (Å²) in [4.78, 5) is 13.2. The Morgan fingerprint density at radius 3 is 2.46 bits per heavy atom. The van der Waals surface area contributed by atoms with Crippen LogP contribution in [0.2, 0.25) is 0 Å². The first kappa shape index (κ1) is 10.2. The van der Waals surface area contributed by atoms with Crippen molar-refractivity contribution in [1.82, 2.24) is 4.90 Å². The summed E-state index contributed by atoms with van der Waals surface area (Å²) in [6, 6.07) is 2.21. The van der Waals surface area contributed by atoms with Crippen LogP contribution in [0.3, 0.4) is 0 Å². The van der Waals surface area contributed by atoms with Crippen LogP contribution in [0.1, 0.15) is 26.7 Å². The van der Waals surface area contributed by atoms with Crippen molar-refractivity contribution in [1.29, 1.82) is 5.26 Å². The third-order valence-electron chi connectivity index (χ3n) is 2.84. The topological polar surface area (TPSA) is 44.1 Å². The third kappa shape index (κ3) is 2.53. The van der Waals surface area contributed by atoms with Gasteiger partial charge in [0.1, 0.15) is 5.78 Å². The molecule has 1 fully saturated rings. The van der Waals surface area contributed by atoms with Crippen LogP contribution in [-0.2, 0) is 4.79 Å². The van der Waals surface area contributed by atoms with Crippen LogP contribution >= 0.6 is 0 Å². The van der Waals surface area contributed by atoms with Gasteiger partial charge in [0.2, 0.25) is 0 Å². The van der Waals surface area contributed by atoms with E-state index in [1.165, 1.54) is 0 Å². The number of nitriles is 1. The number of carbonyl (C=O) groups is 1. The van der Waals surface area contributed by atoms with Crippen LogP contribution in [0.25, 0.3) is 0 Å². The highest BCUT2D eigenvalue weighted by molar-refractivity contribution is 5.78. The molecule has 1 heterocycles. The first-order chi connectivity index (χ1) is 6.15. The molecule has 3 heteroatoms. The summed E-state index contributed by atoms with van der Waals surface area (Å²) in [6.07, 6.45) is 1.84. The fourth-order valence-electron chi connectivity index (χ4n) is 1.77. The van der Waals surface area contributed by atoms with Gasteiger partial charge < -0.3 is 0 Å². The number of rotatable bonds is 2. The van der Waals surface area contributed by atoms with Gasteiger partial charge >= 0.3 is 0 Å². The molecule has 72 valence electrons. The summed E-state index contributed by atoms with van der Waals surface area (Å²) >= 11 is 0. The Kier molecular flexibility index (Phi) is 3.44. The fourth-order valence-corrected chi connectivity index (χ4v) is 1.77. The van der Waals surface area contributed by atoms with E-state index >= 15 is 0 Å². The Bertz CT molecular complexity index is 224. The Morgan fingerprint density at radius 2 is 2.08 bits per heavy atom.